The summed E-state index contributed by atoms with van der Waals surface area (Å²) in [4.78, 5) is 62.4. The SMILES string of the molecule is Nc1cc[n+](N)c(SCC2=C(C(=O)[O-])N3C(=O)C(NC(=O)/C(=N\OCC(=O)O)c4csc(N)n4)[C@H]3SC2)n1. The first kappa shape index (κ1) is 26.9. The molecule has 1 fully saturated rings. The minimum Gasteiger partial charge on any atom is -0.543 e. The van der Waals surface area contributed by atoms with E-state index in [1.54, 1.807) is 0 Å². The average molecular weight is 582 g/mol. The number of aliphatic carboxylic acids is 2. The molecule has 16 nitrogen and oxygen atoms in total. The van der Waals surface area contributed by atoms with Gasteiger partial charge < -0.3 is 36.6 Å². The molecule has 0 aromatic carbocycles. The van der Waals surface area contributed by atoms with E-state index in [-0.39, 0.29) is 33.8 Å². The zero-order chi connectivity index (χ0) is 27.6. The molecule has 0 aliphatic carbocycles. The number of β-lactam (4-membered cyclic amide) rings is 1. The van der Waals surface area contributed by atoms with Gasteiger partial charge in [0.1, 0.15) is 23.3 Å². The van der Waals surface area contributed by atoms with Gasteiger partial charge in [0.2, 0.25) is 12.4 Å². The van der Waals surface area contributed by atoms with Gasteiger partial charge in [-0.15, -0.1) is 27.8 Å². The highest BCUT2D eigenvalue weighted by atomic mass is 32.2. The van der Waals surface area contributed by atoms with Crippen LogP contribution in [0.15, 0.2) is 39.2 Å². The van der Waals surface area contributed by atoms with E-state index in [9.17, 15) is 24.3 Å². The number of oxime groups is 1. The Morgan fingerprint density at radius 1 is 1.37 bits per heavy atom. The van der Waals surface area contributed by atoms with Crippen LogP contribution < -0.4 is 32.4 Å². The van der Waals surface area contributed by atoms with E-state index in [0.717, 1.165) is 28.0 Å². The predicted molar refractivity (Wildman–Crippen MR) is 133 cm³/mol. The molecule has 2 atom stereocenters. The number of carboxylic acid groups (broad SMARTS) is 2. The third-order valence-corrected chi connectivity index (χ3v) is 8.14. The van der Waals surface area contributed by atoms with Gasteiger partial charge in [0, 0.05) is 23.0 Å². The van der Waals surface area contributed by atoms with Gasteiger partial charge in [-0.05, 0) is 22.3 Å². The fourth-order valence-corrected chi connectivity index (χ4v) is 6.37. The molecule has 0 radical (unpaired) electrons. The molecule has 0 saturated carbocycles. The number of thioether (sulfide) groups is 2. The van der Waals surface area contributed by atoms with Crippen LogP contribution in [0.3, 0.4) is 0 Å². The minimum atomic E-state index is -1.55. The van der Waals surface area contributed by atoms with Gasteiger partial charge >= 0.3 is 11.1 Å². The van der Waals surface area contributed by atoms with Gasteiger partial charge in [0.05, 0.1) is 11.7 Å². The Morgan fingerprint density at radius 3 is 2.79 bits per heavy atom. The van der Waals surface area contributed by atoms with Crippen LogP contribution in [0.5, 0.6) is 0 Å². The number of anilines is 2. The number of rotatable bonds is 10. The molecule has 38 heavy (non-hydrogen) atoms. The Hall–Kier alpha value is -4.10. The van der Waals surface area contributed by atoms with Crippen molar-refractivity contribution in [3.05, 3.63) is 34.6 Å². The Morgan fingerprint density at radius 2 is 2.13 bits per heavy atom. The molecule has 200 valence electrons. The zero-order valence-electron chi connectivity index (χ0n) is 19.1. The molecule has 0 bridgehead atoms. The van der Waals surface area contributed by atoms with Gasteiger partial charge in [0.15, 0.2) is 10.8 Å². The topological polar surface area (TPSA) is 256 Å². The molecule has 4 heterocycles. The van der Waals surface area contributed by atoms with Gasteiger partial charge in [-0.25, -0.2) is 9.78 Å². The third kappa shape index (κ3) is 5.58. The van der Waals surface area contributed by atoms with Crippen molar-refractivity contribution in [3.63, 3.8) is 0 Å². The van der Waals surface area contributed by atoms with E-state index in [1.165, 1.54) is 34.1 Å². The number of fused-ring (bicyclic) bond motifs is 1. The van der Waals surface area contributed by atoms with Gasteiger partial charge in [-0.3, -0.25) is 20.3 Å². The summed E-state index contributed by atoms with van der Waals surface area (Å²) in [5.74, 6) is 1.97. The van der Waals surface area contributed by atoms with Crippen molar-refractivity contribution >= 4 is 75.3 Å². The normalized spacial score (nSPS) is 19.0. The van der Waals surface area contributed by atoms with Crippen LogP contribution in [0.2, 0.25) is 0 Å². The lowest BCUT2D eigenvalue weighted by molar-refractivity contribution is -0.682. The molecule has 4 rings (SSSR count). The number of carbonyl (C=O) groups is 4. The summed E-state index contributed by atoms with van der Waals surface area (Å²) in [6.45, 7) is -0.819. The molecular formula is C19H19N9O7S3. The van der Waals surface area contributed by atoms with Crippen LogP contribution in [0.1, 0.15) is 5.69 Å². The van der Waals surface area contributed by atoms with Crippen molar-refractivity contribution in [2.45, 2.75) is 16.6 Å². The predicted octanol–water partition coefficient (Wildman–Crippen LogP) is -3.29. The molecule has 1 saturated heterocycles. The van der Waals surface area contributed by atoms with Crippen LogP contribution in [-0.2, 0) is 24.0 Å². The van der Waals surface area contributed by atoms with E-state index in [4.69, 9.17) is 22.4 Å². The molecule has 1 unspecified atom stereocenters. The summed E-state index contributed by atoms with van der Waals surface area (Å²) in [5.41, 5.74) is 11.0. The highest BCUT2D eigenvalue weighted by Crippen LogP contribution is 2.41. The maximum Gasteiger partial charge on any atom is 0.384 e. The Kier molecular flexibility index (Phi) is 7.88. The molecule has 0 spiro atoms. The molecule has 2 aliphatic rings. The fourth-order valence-electron chi connectivity index (χ4n) is 3.43. The van der Waals surface area contributed by atoms with E-state index in [2.05, 4.69) is 25.3 Å². The monoisotopic (exact) mass is 581 g/mol. The summed E-state index contributed by atoms with van der Waals surface area (Å²) >= 11 is 3.37. The average Bonchev–Trinajstić information content (AvgIpc) is 3.30. The second-order valence-corrected chi connectivity index (χ2v) is 10.5. The number of aromatic nitrogens is 3. The van der Waals surface area contributed by atoms with Crippen molar-refractivity contribution in [1.29, 1.82) is 0 Å². The molecule has 2 aliphatic heterocycles. The largest absolute Gasteiger partial charge is 0.543 e. The number of thiazole rings is 1. The highest BCUT2D eigenvalue weighted by molar-refractivity contribution is 8.01. The van der Waals surface area contributed by atoms with Gasteiger partial charge in [-0.2, -0.15) is 0 Å². The first-order valence-corrected chi connectivity index (χ1v) is 13.4. The number of carbonyl (C=O) groups excluding carboxylic acids is 3. The highest BCUT2D eigenvalue weighted by Gasteiger charge is 2.53. The van der Waals surface area contributed by atoms with Crippen LogP contribution in [-0.4, -0.2) is 79.0 Å². The molecular weight excluding hydrogens is 562 g/mol. The molecule has 8 N–H and O–H groups in total. The van der Waals surface area contributed by atoms with Gasteiger partial charge in [-0.1, -0.05) is 5.16 Å². The molecule has 2 aromatic rings. The molecule has 2 aromatic heterocycles. The maximum atomic E-state index is 13.0. The molecule has 2 amide bonds. The number of hydrogen-bond acceptors (Lipinski definition) is 15. The smallest absolute Gasteiger partial charge is 0.384 e. The Labute approximate surface area is 225 Å². The lowest BCUT2D eigenvalue weighted by atomic mass is 10.0. The second kappa shape index (κ2) is 11.1. The minimum absolute atomic E-state index is 0.0113. The van der Waals surface area contributed by atoms with Crippen LogP contribution in [0.25, 0.3) is 0 Å². The molecule has 19 heteroatoms. The lowest BCUT2D eigenvalue weighted by Crippen LogP contribution is -2.71. The number of carboxylic acids is 2. The van der Waals surface area contributed by atoms with Gasteiger partial charge in [0.25, 0.3) is 11.8 Å². The Bertz CT molecular complexity index is 1380. The van der Waals surface area contributed by atoms with Crippen molar-refractivity contribution in [2.75, 3.05) is 35.4 Å². The lowest BCUT2D eigenvalue weighted by Gasteiger charge is -2.50. The third-order valence-electron chi connectivity index (χ3n) is 5.08. The standard InChI is InChI=1S/C19H19N9O7S3/c20-9-1-2-27(22)19(24-9)38-5-7-4-36-16-12(15(32)28(16)13(7)17(33)34)25-14(31)11(26-35-3-10(29)30)8-6-37-18(21)23-8/h1-2,6,12,16,20H,3-5,22H2,(H5,21,23,25,29,30,31,33,34)/b26-11-/t12?,16-/m1/s1. The quantitative estimate of drug-likeness (QED) is 0.0350. The summed E-state index contributed by atoms with van der Waals surface area (Å²) in [5, 5.41) is 27.9. The van der Waals surface area contributed by atoms with E-state index in [0.29, 0.717) is 10.7 Å². The number of hydrogen-bond donors (Lipinski definition) is 5. The van der Waals surface area contributed by atoms with E-state index >= 15 is 0 Å². The van der Waals surface area contributed by atoms with Crippen molar-refractivity contribution in [1.82, 2.24) is 20.2 Å². The van der Waals surface area contributed by atoms with E-state index < -0.39 is 47.5 Å². The van der Waals surface area contributed by atoms with E-state index in [1.807, 2.05) is 0 Å². The first-order chi connectivity index (χ1) is 18.1. The maximum absolute atomic E-state index is 13.0. The number of amides is 2. The summed E-state index contributed by atoms with van der Waals surface area (Å²) in [6, 6.07) is 0.403. The zero-order valence-corrected chi connectivity index (χ0v) is 21.5. The van der Waals surface area contributed by atoms with Crippen LogP contribution in [0.4, 0.5) is 10.9 Å². The number of nitrogen functional groups attached to an aromatic ring is 3. The summed E-state index contributed by atoms with van der Waals surface area (Å²) in [7, 11) is 0. The number of nitrogens with zero attached hydrogens (tertiary/aromatic N) is 5. The van der Waals surface area contributed by atoms with Crippen molar-refractivity contribution in [3.8, 4) is 0 Å². The summed E-state index contributed by atoms with van der Waals surface area (Å²) < 4.78 is 1.23. The van der Waals surface area contributed by atoms with Crippen molar-refractivity contribution in [2.24, 2.45) is 5.16 Å². The van der Waals surface area contributed by atoms with Crippen LogP contribution in [0, 0.1) is 0 Å². The fraction of sp³-hybridized carbons (Fsp3) is 0.263. The Balaban J connectivity index is 1.50. The first-order valence-electron chi connectivity index (χ1n) is 10.4. The second-order valence-electron chi connectivity index (χ2n) is 7.61. The number of nitrogens with one attached hydrogen (secondary N) is 1. The van der Waals surface area contributed by atoms with Crippen molar-refractivity contribution < 1.29 is 38.9 Å². The number of nitrogens with two attached hydrogens (primary N) is 3. The van der Waals surface area contributed by atoms with Crippen LogP contribution >= 0.6 is 34.9 Å². The summed E-state index contributed by atoms with van der Waals surface area (Å²) in [6.07, 6.45) is 1.50.